The van der Waals surface area contributed by atoms with Gasteiger partial charge in [0, 0.05) is 29.2 Å². The van der Waals surface area contributed by atoms with Crippen LogP contribution in [0, 0.1) is 0 Å². The molecule has 0 aliphatic rings. The quantitative estimate of drug-likeness (QED) is 0.487. The van der Waals surface area contributed by atoms with Crippen molar-refractivity contribution in [2.75, 3.05) is 11.9 Å². The molecule has 0 spiro atoms. The summed E-state index contributed by atoms with van der Waals surface area (Å²) in [4.78, 5) is 16.6. The second-order valence-corrected chi connectivity index (χ2v) is 6.75. The highest BCUT2D eigenvalue weighted by Gasteiger charge is 2.06. The van der Waals surface area contributed by atoms with Gasteiger partial charge in [-0.1, -0.05) is 29.8 Å². The average molecular weight is 408 g/mol. The number of pyridine rings is 1. The van der Waals surface area contributed by atoms with Crippen LogP contribution in [0.2, 0.25) is 5.02 Å². The van der Waals surface area contributed by atoms with E-state index in [1.165, 1.54) is 0 Å². The zero-order valence-electron chi connectivity index (χ0n) is 15.4. The third-order valence-corrected chi connectivity index (χ3v) is 4.32. The van der Waals surface area contributed by atoms with Gasteiger partial charge in [-0.15, -0.1) is 0 Å². The maximum absolute atomic E-state index is 12.1. The summed E-state index contributed by atoms with van der Waals surface area (Å²) in [7, 11) is 0. The van der Waals surface area contributed by atoms with Crippen molar-refractivity contribution < 1.29 is 14.3 Å². The highest BCUT2D eigenvalue weighted by atomic mass is 35.5. The van der Waals surface area contributed by atoms with E-state index in [4.69, 9.17) is 21.1 Å². The number of amides is 1. The second kappa shape index (κ2) is 8.67. The fraction of sp³-hybridized carbons (Fsp3) is 0.0909. The smallest absolute Gasteiger partial charge is 0.262 e. The summed E-state index contributed by atoms with van der Waals surface area (Å²) < 4.78 is 13.2. The predicted molar refractivity (Wildman–Crippen MR) is 112 cm³/mol. The standard InChI is InChI=1S/C22H18ClN3O3/c23-16-5-3-7-19(11-16)29-15-22(27)25-17-6-4-8-20(12-17)28-14-18-13-26-10-2-1-9-21(26)24-18/h1-13H,14-15H2,(H,25,27). The molecule has 4 rings (SSSR count). The Hall–Kier alpha value is -3.51. The van der Waals surface area contributed by atoms with Crippen molar-refractivity contribution in [3.8, 4) is 11.5 Å². The topological polar surface area (TPSA) is 64.9 Å². The van der Waals surface area contributed by atoms with Gasteiger partial charge in [-0.2, -0.15) is 0 Å². The fourth-order valence-corrected chi connectivity index (χ4v) is 2.96. The number of rotatable bonds is 7. The number of anilines is 1. The highest BCUT2D eigenvalue weighted by Crippen LogP contribution is 2.20. The Kier molecular flexibility index (Phi) is 5.63. The van der Waals surface area contributed by atoms with Crippen molar-refractivity contribution >= 4 is 28.8 Å². The van der Waals surface area contributed by atoms with Crippen molar-refractivity contribution in [3.63, 3.8) is 0 Å². The van der Waals surface area contributed by atoms with Crippen molar-refractivity contribution in [1.29, 1.82) is 0 Å². The Morgan fingerprint density at radius 2 is 1.83 bits per heavy atom. The molecular weight excluding hydrogens is 390 g/mol. The van der Waals surface area contributed by atoms with Crippen LogP contribution in [0.4, 0.5) is 5.69 Å². The van der Waals surface area contributed by atoms with Crippen molar-refractivity contribution in [2.45, 2.75) is 6.61 Å². The number of aromatic nitrogens is 2. The number of nitrogens with one attached hydrogen (secondary N) is 1. The minimum atomic E-state index is -0.275. The Labute approximate surface area is 172 Å². The minimum absolute atomic E-state index is 0.118. The minimum Gasteiger partial charge on any atom is -0.487 e. The largest absolute Gasteiger partial charge is 0.487 e. The van der Waals surface area contributed by atoms with E-state index in [9.17, 15) is 4.79 Å². The molecule has 0 radical (unpaired) electrons. The second-order valence-electron chi connectivity index (χ2n) is 6.31. The zero-order valence-corrected chi connectivity index (χ0v) is 16.2. The first kappa shape index (κ1) is 18.8. The van der Waals surface area contributed by atoms with E-state index in [0.29, 0.717) is 28.8 Å². The van der Waals surface area contributed by atoms with Gasteiger partial charge in [-0.3, -0.25) is 4.79 Å². The molecule has 7 heteroatoms. The normalized spacial score (nSPS) is 10.7. The third kappa shape index (κ3) is 5.06. The molecule has 2 aromatic carbocycles. The van der Waals surface area contributed by atoms with Gasteiger partial charge in [0.05, 0.1) is 5.69 Å². The van der Waals surface area contributed by atoms with Gasteiger partial charge in [0.1, 0.15) is 23.8 Å². The monoisotopic (exact) mass is 407 g/mol. The van der Waals surface area contributed by atoms with Gasteiger partial charge in [-0.05, 0) is 42.5 Å². The van der Waals surface area contributed by atoms with Crippen LogP contribution in [0.25, 0.3) is 5.65 Å². The molecule has 4 aromatic rings. The molecule has 6 nitrogen and oxygen atoms in total. The van der Waals surface area contributed by atoms with E-state index < -0.39 is 0 Å². The molecule has 0 unspecified atom stereocenters. The molecule has 0 bridgehead atoms. The molecule has 0 atom stereocenters. The lowest BCUT2D eigenvalue weighted by Gasteiger charge is -2.09. The molecule has 0 aliphatic heterocycles. The van der Waals surface area contributed by atoms with Crippen molar-refractivity contribution in [3.05, 3.63) is 89.8 Å². The lowest BCUT2D eigenvalue weighted by atomic mass is 10.3. The van der Waals surface area contributed by atoms with Crippen LogP contribution in [-0.2, 0) is 11.4 Å². The fourth-order valence-electron chi connectivity index (χ4n) is 2.78. The van der Waals surface area contributed by atoms with E-state index in [-0.39, 0.29) is 12.5 Å². The SMILES string of the molecule is O=C(COc1cccc(Cl)c1)Nc1cccc(OCc2cn3ccccc3n2)c1. The lowest BCUT2D eigenvalue weighted by Crippen LogP contribution is -2.20. The summed E-state index contributed by atoms with van der Waals surface area (Å²) in [5, 5.41) is 3.34. The number of carbonyl (C=O) groups excluding carboxylic acids is 1. The molecule has 2 heterocycles. The molecular formula is C22H18ClN3O3. The van der Waals surface area contributed by atoms with E-state index >= 15 is 0 Å². The highest BCUT2D eigenvalue weighted by molar-refractivity contribution is 6.30. The molecule has 0 saturated heterocycles. The van der Waals surface area contributed by atoms with Crippen LogP contribution in [-0.4, -0.2) is 21.9 Å². The van der Waals surface area contributed by atoms with E-state index in [2.05, 4.69) is 10.3 Å². The van der Waals surface area contributed by atoms with Gasteiger partial charge in [0.25, 0.3) is 5.91 Å². The third-order valence-electron chi connectivity index (χ3n) is 4.08. The zero-order chi connectivity index (χ0) is 20.1. The van der Waals surface area contributed by atoms with Crippen LogP contribution < -0.4 is 14.8 Å². The molecule has 1 N–H and O–H groups in total. The summed E-state index contributed by atoms with van der Waals surface area (Å²) in [6.07, 6.45) is 3.86. The predicted octanol–water partition coefficient (Wildman–Crippen LogP) is 4.58. The van der Waals surface area contributed by atoms with Gasteiger partial charge >= 0.3 is 0 Å². The summed E-state index contributed by atoms with van der Waals surface area (Å²) in [6.45, 7) is 0.212. The maximum atomic E-state index is 12.1. The van der Waals surface area contributed by atoms with Gasteiger partial charge in [-0.25, -0.2) is 4.98 Å². The Bertz CT molecular complexity index is 1110. The van der Waals surface area contributed by atoms with Crippen molar-refractivity contribution in [2.24, 2.45) is 0 Å². The maximum Gasteiger partial charge on any atom is 0.262 e. The lowest BCUT2D eigenvalue weighted by molar-refractivity contribution is -0.118. The summed E-state index contributed by atoms with van der Waals surface area (Å²) >= 11 is 5.90. The van der Waals surface area contributed by atoms with Crippen LogP contribution in [0.15, 0.2) is 79.1 Å². The first-order valence-corrected chi connectivity index (χ1v) is 9.37. The molecule has 0 aliphatic carbocycles. The number of halogens is 1. The molecule has 29 heavy (non-hydrogen) atoms. The summed E-state index contributed by atoms with van der Waals surface area (Å²) in [5.41, 5.74) is 2.31. The number of fused-ring (bicyclic) bond motifs is 1. The number of benzene rings is 2. The molecule has 1 amide bonds. The number of imidazole rings is 1. The number of hydrogen-bond donors (Lipinski definition) is 1. The van der Waals surface area contributed by atoms with Crippen LogP contribution >= 0.6 is 11.6 Å². The Morgan fingerprint density at radius 1 is 1.00 bits per heavy atom. The molecule has 146 valence electrons. The average Bonchev–Trinajstić information content (AvgIpc) is 3.14. The first-order chi connectivity index (χ1) is 14.2. The molecule has 0 saturated carbocycles. The van der Waals surface area contributed by atoms with E-state index in [1.54, 1.807) is 36.4 Å². The number of carbonyl (C=O) groups is 1. The number of nitrogens with zero attached hydrogens (tertiary/aromatic N) is 2. The van der Waals surface area contributed by atoms with Crippen LogP contribution in [0.5, 0.6) is 11.5 Å². The van der Waals surface area contributed by atoms with Crippen LogP contribution in [0.3, 0.4) is 0 Å². The first-order valence-electron chi connectivity index (χ1n) is 8.99. The van der Waals surface area contributed by atoms with E-state index in [0.717, 1.165) is 11.3 Å². The molecule has 0 fully saturated rings. The summed E-state index contributed by atoms with van der Waals surface area (Å²) in [5.74, 6) is 0.898. The van der Waals surface area contributed by atoms with Gasteiger partial charge in [0.2, 0.25) is 0 Å². The van der Waals surface area contributed by atoms with E-state index in [1.807, 2.05) is 47.1 Å². The van der Waals surface area contributed by atoms with Gasteiger partial charge in [0.15, 0.2) is 6.61 Å². The molecule has 2 aromatic heterocycles. The number of ether oxygens (including phenoxy) is 2. The van der Waals surface area contributed by atoms with Crippen LogP contribution in [0.1, 0.15) is 5.69 Å². The number of hydrogen-bond acceptors (Lipinski definition) is 4. The van der Waals surface area contributed by atoms with Crippen molar-refractivity contribution in [1.82, 2.24) is 9.38 Å². The van der Waals surface area contributed by atoms with Gasteiger partial charge < -0.3 is 19.2 Å². The summed E-state index contributed by atoms with van der Waals surface area (Å²) in [6, 6.07) is 19.9. The Balaban J connectivity index is 1.32. The Morgan fingerprint density at radius 3 is 2.66 bits per heavy atom.